The zero-order valence-corrected chi connectivity index (χ0v) is 8.43. The van der Waals surface area contributed by atoms with E-state index in [0.717, 1.165) is 5.56 Å². The van der Waals surface area contributed by atoms with Crippen molar-refractivity contribution in [2.24, 2.45) is 0 Å². The lowest BCUT2D eigenvalue weighted by atomic mass is 10.0. The Balaban J connectivity index is 3.21. The third kappa shape index (κ3) is 2.54. The third-order valence-corrected chi connectivity index (χ3v) is 2.71. The minimum atomic E-state index is -3.81. The summed E-state index contributed by atoms with van der Waals surface area (Å²) in [6.07, 6.45) is 0. The molecule has 1 radical (unpaired) electrons. The normalized spacial score (nSPS) is 12.0. The summed E-state index contributed by atoms with van der Waals surface area (Å²) in [7, 11) is -3.81. The Bertz CT molecular complexity index is 396. The molecule has 1 N–H and O–H groups in total. The van der Waals surface area contributed by atoms with Gasteiger partial charge in [-0.3, -0.25) is 0 Å². The highest BCUT2D eigenvalue weighted by atomic mass is 32.2. The molecule has 71 valence electrons. The van der Waals surface area contributed by atoms with Crippen molar-refractivity contribution in [3.8, 4) is 0 Å². The van der Waals surface area contributed by atoms with Crippen LogP contribution >= 0.6 is 0 Å². The van der Waals surface area contributed by atoms with Crippen LogP contribution < -0.4 is 5.14 Å². The molecule has 1 aromatic rings. The van der Waals surface area contributed by atoms with E-state index in [4.69, 9.17) is 5.14 Å². The Morgan fingerprint density at radius 2 is 1.92 bits per heavy atom. The zero-order valence-electron chi connectivity index (χ0n) is 7.61. The molecule has 13 heavy (non-hydrogen) atoms. The van der Waals surface area contributed by atoms with E-state index in [0.29, 0.717) is 0 Å². The molecule has 0 aliphatic heterocycles. The maximum Gasteiger partial charge on any atom is 0.254 e. The molecule has 0 saturated carbocycles. The molecule has 0 aromatic heterocycles. The summed E-state index contributed by atoms with van der Waals surface area (Å²) in [5.41, 5.74) is 0.938. The van der Waals surface area contributed by atoms with Crippen LogP contribution in [0.25, 0.3) is 0 Å². The van der Waals surface area contributed by atoms with Crippen LogP contribution in [-0.2, 0) is 10.0 Å². The second-order valence-electron chi connectivity index (χ2n) is 3.23. The van der Waals surface area contributed by atoms with Gasteiger partial charge < -0.3 is 0 Å². The van der Waals surface area contributed by atoms with Gasteiger partial charge in [-0.1, -0.05) is 26.0 Å². The summed E-state index contributed by atoms with van der Waals surface area (Å²) in [6.45, 7) is 3.96. The van der Waals surface area contributed by atoms with Crippen molar-refractivity contribution in [1.82, 2.24) is 5.14 Å². The highest BCUT2D eigenvalue weighted by Crippen LogP contribution is 2.17. The van der Waals surface area contributed by atoms with Gasteiger partial charge in [-0.2, -0.15) is 0 Å². The third-order valence-electron chi connectivity index (χ3n) is 1.84. The fourth-order valence-electron chi connectivity index (χ4n) is 1.04. The van der Waals surface area contributed by atoms with E-state index in [9.17, 15) is 8.42 Å². The van der Waals surface area contributed by atoms with Crippen molar-refractivity contribution in [2.75, 3.05) is 0 Å². The van der Waals surface area contributed by atoms with E-state index in [1.54, 1.807) is 12.1 Å². The van der Waals surface area contributed by atoms with Gasteiger partial charge in [-0.15, -0.1) is 5.14 Å². The van der Waals surface area contributed by atoms with Crippen LogP contribution in [0.1, 0.15) is 25.3 Å². The van der Waals surface area contributed by atoms with E-state index < -0.39 is 10.0 Å². The second-order valence-corrected chi connectivity index (χ2v) is 4.71. The van der Waals surface area contributed by atoms with E-state index in [1.807, 2.05) is 19.9 Å². The largest absolute Gasteiger partial charge is 0.254 e. The molecule has 1 rings (SSSR count). The fraction of sp³-hybridized carbons (Fsp3) is 0.333. The predicted molar refractivity (Wildman–Crippen MR) is 50.8 cm³/mol. The Labute approximate surface area is 78.6 Å². The van der Waals surface area contributed by atoms with E-state index in [2.05, 4.69) is 0 Å². The van der Waals surface area contributed by atoms with E-state index in [-0.39, 0.29) is 10.8 Å². The molecule has 0 atom stereocenters. The molecule has 0 bridgehead atoms. The van der Waals surface area contributed by atoms with Gasteiger partial charge in [0.15, 0.2) is 0 Å². The molecule has 0 spiro atoms. The molecular weight excluding hydrogens is 186 g/mol. The summed E-state index contributed by atoms with van der Waals surface area (Å²) in [5, 5.41) is 6.88. The number of hydrogen-bond donors (Lipinski definition) is 0. The molecule has 4 heteroatoms. The number of nitrogens with one attached hydrogen (secondary N) is 1. The zero-order chi connectivity index (χ0) is 10.1. The van der Waals surface area contributed by atoms with Crippen LogP contribution in [0.4, 0.5) is 0 Å². The summed E-state index contributed by atoms with van der Waals surface area (Å²) in [6, 6.07) is 6.51. The monoisotopic (exact) mass is 198 g/mol. The standard InChI is InChI=1S/C9H12NO2S/c1-7(2)8-4-3-5-9(6-8)13(10,11)12/h3-7,10H,1-2H3. The molecule has 1 aromatic carbocycles. The number of rotatable bonds is 2. The molecule has 0 saturated heterocycles. The number of hydrogen-bond acceptors (Lipinski definition) is 2. The van der Waals surface area contributed by atoms with Gasteiger partial charge in [0.05, 0.1) is 4.90 Å². The lowest BCUT2D eigenvalue weighted by Crippen LogP contribution is -2.01. The van der Waals surface area contributed by atoms with Crippen molar-refractivity contribution in [1.29, 1.82) is 0 Å². The van der Waals surface area contributed by atoms with Gasteiger partial charge in [0.2, 0.25) is 0 Å². The lowest BCUT2D eigenvalue weighted by Gasteiger charge is -2.05. The number of benzene rings is 1. The number of sulfonamides is 1. The van der Waals surface area contributed by atoms with Crippen LogP contribution in [0, 0.1) is 0 Å². The topological polar surface area (TPSA) is 57.9 Å². The van der Waals surface area contributed by atoms with E-state index in [1.165, 1.54) is 6.07 Å². The van der Waals surface area contributed by atoms with Gasteiger partial charge >= 0.3 is 0 Å². The minimum Gasteiger partial charge on any atom is -0.206 e. The molecular formula is C9H12NO2S. The minimum absolute atomic E-state index is 0.0682. The van der Waals surface area contributed by atoms with Gasteiger partial charge in [-0.25, -0.2) is 8.42 Å². The maximum atomic E-state index is 10.9. The van der Waals surface area contributed by atoms with Crippen LogP contribution in [0.2, 0.25) is 0 Å². The maximum absolute atomic E-state index is 10.9. The summed E-state index contributed by atoms with van der Waals surface area (Å²) in [4.78, 5) is 0.0682. The Hall–Kier alpha value is -0.870. The highest BCUT2D eigenvalue weighted by molar-refractivity contribution is 7.88. The molecule has 3 nitrogen and oxygen atoms in total. The van der Waals surface area contributed by atoms with Crippen LogP contribution in [0.15, 0.2) is 29.2 Å². The summed E-state index contributed by atoms with van der Waals surface area (Å²) < 4.78 is 21.7. The Kier molecular flexibility index (Phi) is 2.73. The van der Waals surface area contributed by atoms with Gasteiger partial charge in [0, 0.05) is 0 Å². The molecule has 0 heterocycles. The van der Waals surface area contributed by atoms with Gasteiger partial charge in [0.1, 0.15) is 0 Å². The quantitative estimate of drug-likeness (QED) is 0.727. The fourth-order valence-corrected chi connectivity index (χ4v) is 1.59. The molecule has 0 aliphatic rings. The lowest BCUT2D eigenvalue weighted by molar-refractivity contribution is 0.596. The van der Waals surface area contributed by atoms with Crippen LogP contribution in [-0.4, -0.2) is 8.42 Å². The van der Waals surface area contributed by atoms with Crippen LogP contribution in [0.5, 0.6) is 0 Å². The highest BCUT2D eigenvalue weighted by Gasteiger charge is 2.09. The molecule has 0 amide bonds. The van der Waals surface area contributed by atoms with Crippen molar-refractivity contribution in [3.05, 3.63) is 29.8 Å². The first-order valence-electron chi connectivity index (χ1n) is 4.01. The van der Waals surface area contributed by atoms with Crippen LogP contribution in [0.3, 0.4) is 0 Å². The smallest absolute Gasteiger partial charge is 0.206 e. The van der Waals surface area contributed by atoms with Crippen molar-refractivity contribution < 1.29 is 8.42 Å². The van der Waals surface area contributed by atoms with Crippen molar-refractivity contribution in [3.63, 3.8) is 0 Å². The Morgan fingerprint density at radius 3 is 2.38 bits per heavy atom. The molecule has 0 unspecified atom stereocenters. The van der Waals surface area contributed by atoms with Gasteiger partial charge in [0.25, 0.3) is 10.0 Å². The van der Waals surface area contributed by atoms with Crippen molar-refractivity contribution in [2.45, 2.75) is 24.7 Å². The van der Waals surface area contributed by atoms with E-state index >= 15 is 0 Å². The first kappa shape index (κ1) is 10.2. The summed E-state index contributed by atoms with van der Waals surface area (Å²) >= 11 is 0. The second kappa shape index (κ2) is 3.47. The average molecular weight is 198 g/mol. The van der Waals surface area contributed by atoms with Crippen molar-refractivity contribution >= 4 is 10.0 Å². The molecule has 0 aliphatic carbocycles. The predicted octanol–water partition coefficient (Wildman–Crippen LogP) is 1.78. The summed E-state index contributed by atoms with van der Waals surface area (Å²) in [5.74, 6) is 0.279. The molecule has 0 fully saturated rings. The first-order valence-corrected chi connectivity index (χ1v) is 5.49. The Morgan fingerprint density at radius 1 is 1.31 bits per heavy atom. The van der Waals surface area contributed by atoms with Gasteiger partial charge in [-0.05, 0) is 23.6 Å². The average Bonchev–Trinajstić information content (AvgIpc) is 2.03. The SMILES string of the molecule is CC(C)c1cccc(S([NH])(=O)=O)c1. The first-order chi connectivity index (χ1) is 5.91.